The summed E-state index contributed by atoms with van der Waals surface area (Å²) in [6.07, 6.45) is 1.97. The maximum atomic E-state index is 12.9. The topological polar surface area (TPSA) is 65.1 Å². The standard InChI is InChI=1S/C23H35NO5Si/c1-22(2,3)28-21(26)24-18(14-15-19(24)25)20(29-30(8,9)23(4,5)6)16-10-12-17(27-7)13-11-16/h10-15,18,20H,1-9H3/t18-,20-/m0/s1. The second kappa shape index (κ2) is 8.55. The van der Waals surface area contributed by atoms with Crippen LogP contribution in [0.25, 0.3) is 0 Å². The first-order chi connectivity index (χ1) is 13.7. The van der Waals surface area contributed by atoms with Gasteiger partial charge in [-0.3, -0.25) is 4.79 Å². The molecule has 0 radical (unpaired) electrons. The van der Waals surface area contributed by atoms with Gasteiger partial charge >= 0.3 is 6.09 Å². The van der Waals surface area contributed by atoms with Crippen molar-refractivity contribution < 1.29 is 23.5 Å². The van der Waals surface area contributed by atoms with Gasteiger partial charge in [0.2, 0.25) is 0 Å². The molecule has 2 atom stereocenters. The third kappa shape index (κ3) is 5.52. The SMILES string of the molecule is COc1ccc([C@H](O[Si](C)(C)C(C)(C)C)[C@@H]2C=CC(=O)N2C(=O)OC(C)(C)C)cc1. The predicted molar refractivity (Wildman–Crippen MR) is 120 cm³/mol. The average molecular weight is 434 g/mol. The first-order valence-electron chi connectivity index (χ1n) is 10.2. The van der Waals surface area contributed by atoms with Crippen LogP contribution in [-0.2, 0) is 14.0 Å². The minimum Gasteiger partial charge on any atom is -0.497 e. The van der Waals surface area contributed by atoms with E-state index >= 15 is 0 Å². The fraction of sp³-hybridized carbons (Fsp3) is 0.565. The molecule has 1 aliphatic heterocycles. The van der Waals surface area contributed by atoms with Crippen molar-refractivity contribution >= 4 is 20.3 Å². The van der Waals surface area contributed by atoms with Gasteiger partial charge in [0.1, 0.15) is 11.4 Å². The van der Waals surface area contributed by atoms with Gasteiger partial charge in [-0.05, 0) is 56.6 Å². The number of amides is 2. The van der Waals surface area contributed by atoms with Crippen molar-refractivity contribution in [2.75, 3.05) is 7.11 Å². The van der Waals surface area contributed by atoms with Crippen LogP contribution in [0.4, 0.5) is 4.79 Å². The molecule has 0 N–H and O–H groups in total. The summed E-state index contributed by atoms with van der Waals surface area (Å²) in [5.41, 5.74) is 0.166. The monoisotopic (exact) mass is 433 g/mol. The second-order valence-electron chi connectivity index (χ2n) is 10.1. The first-order valence-corrected chi connectivity index (χ1v) is 13.1. The second-order valence-corrected chi connectivity index (χ2v) is 14.9. The van der Waals surface area contributed by atoms with Crippen molar-refractivity contribution in [1.82, 2.24) is 4.90 Å². The largest absolute Gasteiger partial charge is 0.497 e. The molecule has 1 aromatic rings. The van der Waals surface area contributed by atoms with Gasteiger partial charge in [-0.25, -0.2) is 9.69 Å². The van der Waals surface area contributed by atoms with Crippen molar-refractivity contribution in [3.05, 3.63) is 42.0 Å². The highest BCUT2D eigenvalue weighted by molar-refractivity contribution is 6.74. The number of hydrogen-bond donors (Lipinski definition) is 0. The number of ether oxygens (including phenoxy) is 2. The molecule has 0 spiro atoms. The Kier molecular flexibility index (Phi) is 6.88. The lowest BCUT2D eigenvalue weighted by atomic mass is 10.0. The maximum absolute atomic E-state index is 12.9. The Labute approximate surface area is 181 Å². The Bertz CT molecular complexity index is 802. The summed E-state index contributed by atoms with van der Waals surface area (Å²) in [6, 6.07) is 6.96. The molecule has 6 nitrogen and oxygen atoms in total. The van der Waals surface area contributed by atoms with E-state index < -0.39 is 38.1 Å². The van der Waals surface area contributed by atoms with Gasteiger partial charge in [-0.1, -0.05) is 39.0 Å². The van der Waals surface area contributed by atoms with Gasteiger partial charge in [0.15, 0.2) is 8.32 Å². The third-order valence-electron chi connectivity index (χ3n) is 5.54. The highest BCUT2D eigenvalue weighted by Crippen LogP contribution is 2.42. The summed E-state index contributed by atoms with van der Waals surface area (Å²) in [5, 5.41) is -0.0409. The van der Waals surface area contributed by atoms with Gasteiger partial charge in [-0.15, -0.1) is 0 Å². The summed E-state index contributed by atoms with van der Waals surface area (Å²) >= 11 is 0. The van der Waals surface area contributed by atoms with Crippen molar-refractivity contribution in [3.63, 3.8) is 0 Å². The van der Waals surface area contributed by atoms with Crippen molar-refractivity contribution in [2.45, 2.75) is 77.4 Å². The van der Waals surface area contributed by atoms with E-state index in [-0.39, 0.29) is 5.04 Å². The zero-order valence-corrected chi connectivity index (χ0v) is 20.6. The lowest BCUT2D eigenvalue weighted by molar-refractivity contribution is -0.126. The van der Waals surface area contributed by atoms with Crippen LogP contribution in [0, 0.1) is 0 Å². The van der Waals surface area contributed by atoms with Crippen LogP contribution in [0.15, 0.2) is 36.4 Å². The van der Waals surface area contributed by atoms with E-state index in [1.807, 2.05) is 24.3 Å². The molecular weight excluding hydrogens is 398 g/mol. The highest BCUT2D eigenvalue weighted by Gasteiger charge is 2.45. The van der Waals surface area contributed by atoms with Crippen LogP contribution >= 0.6 is 0 Å². The number of imide groups is 1. The molecule has 0 aromatic heterocycles. The van der Waals surface area contributed by atoms with Crippen LogP contribution in [-0.4, -0.2) is 44.0 Å². The van der Waals surface area contributed by atoms with Gasteiger partial charge in [0, 0.05) is 6.08 Å². The van der Waals surface area contributed by atoms with Gasteiger partial charge in [0.25, 0.3) is 5.91 Å². The van der Waals surface area contributed by atoms with E-state index in [1.54, 1.807) is 34.0 Å². The number of hydrogen-bond acceptors (Lipinski definition) is 5. The maximum Gasteiger partial charge on any atom is 0.417 e. The fourth-order valence-corrected chi connectivity index (χ4v) is 4.14. The van der Waals surface area contributed by atoms with E-state index in [4.69, 9.17) is 13.9 Å². The van der Waals surface area contributed by atoms with Crippen molar-refractivity contribution in [1.29, 1.82) is 0 Å². The Balaban J connectivity index is 2.47. The van der Waals surface area contributed by atoms with E-state index in [0.717, 1.165) is 16.2 Å². The Morgan fingerprint density at radius 3 is 2.10 bits per heavy atom. The summed E-state index contributed by atoms with van der Waals surface area (Å²) in [4.78, 5) is 26.6. The smallest absolute Gasteiger partial charge is 0.417 e. The molecule has 0 fully saturated rings. The lowest BCUT2D eigenvalue weighted by Gasteiger charge is -2.42. The van der Waals surface area contributed by atoms with Crippen molar-refractivity contribution in [3.8, 4) is 5.75 Å². The van der Waals surface area contributed by atoms with Crippen LogP contribution in [0.3, 0.4) is 0 Å². The van der Waals surface area contributed by atoms with Gasteiger partial charge in [0.05, 0.1) is 19.3 Å². The van der Waals surface area contributed by atoms with E-state index in [9.17, 15) is 9.59 Å². The molecule has 0 aliphatic carbocycles. The fourth-order valence-electron chi connectivity index (χ4n) is 2.88. The zero-order chi connectivity index (χ0) is 22.9. The van der Waals surface area contributed by atoms with E-state index in [0.29, 0.717) is 0 Å². The molecule has 0 saturated carbocycles. The molecule has 0 unspecified atom stereocenters. The van der Waals surface area contributed by atoms with Gasteiger partial charge < -0.3 is 13.9 Å². The molecule has 0 saturated heterocycles. The van der Waals surface area contributed by atoms with Crippen LogP contribution in [0.5, 0.6) is 5.75 Å². The quantitative estimate of drug-likeness (QED) is 0.577. The Morgan fingerprint density at radius 2 is 1.63 bits per heavy atom. The molecule has 7 heteroatoms. The number of carbonyl (C=O) groups is 2. The molecule has 2 amide bonds. The van der Waals surface area contributed by atoms with E-state index in [2.05, 4.69) is 33.9 Å². The summed E-state index contributed by atoms with van der Waals surface area (Å²) in [7, 11) is -0.616. The highest BCUT2D eigenvalue weighted by atomic mass is 28.4. The summed E-state index contributed by atoms with van der Waals surface area (Å²) < 4.78 is 17.5. The number of methoxy groups -OCH3 is 1. The molecule has 1 heterocycles. The molecule has 0 bridgehead atoms. The molecule has 1 aromatic carbocycles. The van der Waals surface area contributed by atoms with E-state index in [1.165, 1.54) is 6.08 Å². The molecule has 2 rings (SSSR count). The summed E-state index contributed by atoms with van der Waals surface area (Å²) in [5.74, 6) is 0.332. The minimum absolute atomic E-state index is 0.0409. The molecule has 30 heavy (non-hydrogen) atoms. The molecule has 1 aliphatic rings. The summed E-state index contributed by atoms with van der Waals surface area (Å²) in [6.45, 7) is 16.1. The minimum atomic E-state index is -2.23. The first kappa shape index (κ1) is 24.1. The lowest BCUT2D eigenvalue weighted by Crippen LogP contribution is -2.49. The number of carbonyl (C=O) groups excluding carboxylic acids is 2. The van der Waals surface area contributed by atoms with Gasteiger partial charge in [-0.2, -0.15) is 0 Å². The molecule has 166 valence electrons. The van der Waals surface area contributed by atoms with Crippen LogP contribution < -0.4 is 4.74 Å². The number of nitrogens with zero attached hydrogens (tertiary/aromatic N) is 1. The average Bonchev–Trinajstić information content (AvgIpc) is 2.99. The Hall–Kier alpha value is -2.12. The predicted octanol–water partition coefficient (Wildman–Crippen LogP) is 5.46. The van der Waals surface area contributed by atoms with Crippen LogP contribution in [0.2, 0.25) is 18.1 Å². The zero-order valence-electron chi connectivity index (χ0n) is 19.6. The van der Waals surface area contributed by atoms with Crippen molar-refractivity contribution in [2.24, 2.45) is 0 Å². The normalized spacial score (nSPS) is 18.5. The Morgan fingerprint density at radius 1 is 1.07 bits per heavy atom. The number of rotatable bonds is 5. The number of benzene rings is 1. The van der Waals surface area contributed by atoms with Crippen LogP contribution in [0.1, 0.15) is 53.2 Å². The molecular formula is C23H35NO5Si. The third-order valence-corrected chi connectivity index (χ3v) is 10.00.